The van der Waals surface area contributed by atoms with Crippen molar-refractivity contribution in [3.63, 3.8) is 0 Å². The van der Waals surface area contributed by atoms with Gasteiger partial charge in [-0.25, -0.2) is 0 Å². The molecule has 0 fully saturated rings. The van der Waals surface area contributed by atoms with Crippen LogP contribution in [0, 0.1) is 0 Å². The van der Waals surface area contributed by atoms with E-state index in [9.17, 15) is 4.79 Å². The minimum absolute atomic E-state index is 0.108. The molecule has 0 spiro atoms. The van der Waals surface area contributed by atoms with Gasteiger partial charge in [-0.2, -0.15) is 11.3 Å². The van der Waals surface area contributed by atoms with E-state index in [1.165, 1.54) is 0 Å². The summed E-state index contributed by atoms with van der Waals surface area (Å²) in [7, 11) is 0. The Bertz CT molecular complexity index is 195. The zero-order valence-electron chi connectivity index (χ0n) is 5.49. The Kier molecular flexibility index (Phi) is 2.59. The number of nitrogens with two attached hydrogens (primary N) is 1. The highest BCUT2D eigenvalue weighted by Gasteiger charge is 2.03. The van der Waals surface area contributed by atoms with Crippen molar-refractivity contribution in [3.8, 4) is 0 Å². The molecule has 2 N–H and O–H groups in total. The molecule has 0 bridgehead atoms. The molecule has 0 aliphatic rings. The molecule has 0 saturated heterocycles. The van der Waals surface area contributed by atoms with Crippen LogP contribution in [0.15, 0.2) is 16.8 Å². The largest absolute Gasteiger partial charge is 0.324 e. The van der Waals surface area contributed by atoms with Crippen molar-refractivity contribution in [2.45, 2.75) is 12.5 Å². The maximum atomic E-state index is 10.0. The first-order valence-electron chi connectivity index (χ1n) is 3.06. The number of rotatable bonds is 3. The number of thiophene rings is 1. The second-order valence-corrected chi connectivity index (χ2v) is 2.85. The van der Waals surface area contributed by atoms with Crippen molar-refractivity contribution in [2.24, 2.45) is 5.73 Å². The van der Waals surface area contributed by atoms with Gasteiger partial charge >= 0.3 is 0 Å². The van der Waals surface area contributed by atoms with Crippen LogP contribution in [0.2, 0.25) is 0 Å². The number of carbonyl (C=O) groups excluding carboxylic acids is 1. The summed E-state index contributed by atoms with van der Waals surface area (Å²) in [5, 5.41) is 3.92. The third-order valence-corrected chi connectivity index (χ3v) is 2.02. The molecule has 54 valence electrons. The van der Waals surface area contributed by atoms with Crippen LogP contribution < -0.4 is 5.73 Å². The second kappa shape index (κ2) is 3.49. The SMILES string of the molecule is NC(CC=O)c1ccsc1. The van der Waals surface area contributed by atoms with Gasteiger partial charge in [0, 0.05) is 12.5 Å². The Morgan fingerprint density at radius 1 is 1.80 bits per heavy atom. The molecule has 0 aliphatic heterocycles. The number of hydrogen-bond acceptors (Lipinski definition) is 3. The third kappa shape index (κ3) is 1.65. The van der Waals surface area contributed by atoms with Crippen LogP contribution in [0.4, 0.5) is 0 Å². The highest BCUT2D eigenvalue weighted by Crippen LogP contribution is 2.15. The lowest BCUT2D eigenvalue weighted by molar-refractivity contribution is -0.108. The van der Waals surface area contributed by atoms with Gasteiger partial charge in [0.05, 0.1) is 0 Å². The summed E-state index contributed by atoms with van der Waals surface area (Å²) < 4.78 is 0. The Morgan fingerprint density at radius 2 is 2.60 bits per heavy atom. The van der Waals surface area contributed by atoms with Gasteiger partial charge in [-0.15, -0.1) is 0 Å². The predicted octanol–water partition coefficient (Wildman–Crippen LogP) is 1.34. The van der Waals surface area contributed by atoms with Gasteiger partial charge in [-0.1, -0.05) is 0 Å². The summed E-state index contributed by atoms with van der Waals surface area (Å²) in [5.74, 6) is 0. The van der Waals surface area contributed by atoms with E-state index < -0.39 is 0 Å². The monoisotopic (exact) mass is 155 g/mol. The van der Waals surface area contributed by atoms with E-state index in [4.69, 9.17) is 5.73 Å². The summed E-state index contributed by atoms with van der Waals surface area (Å²) in [4.78, 5) is 10.0. The number of hydrogen-bond donors (Lipinski definition) is 1. The van der Waals surface area contributed by atoms with E-state index in [0.717, 1.165) is 11.8 Å². The molecule has 1 unspecified atom stereocenters. The van der Waals surface area contributed by atoms with Crippen LogP contribution >= 0.6 is 11.3 Å². The standard InChI is InChI=1S/C7H9NOS/c8-7(1-3-9)6-2-4-10-5-6/h2-5,7H,1,8H2. The van der Waals surface area contributed by atoms with Crippen molar-refractivity contribution in [2.75, 3.05) is 0 Å². The minimum Gasteiger partial charge on any atom is -0.324 e. The third-order valence-electron chi connectivity index (χ3n) is 1.32. The van der Waals surface area contributed by atoms with Crippen molar-refractivity contribution in [1.82, 2.24) is 0 Å². The van der Waals surface area contributed by atoms with Crippen molar-refractivity contribution >= 4 is 17.6 Å². The fourth-order valence-electron chi connectivity index (χ4n) is 0.726. The van der Waals surface area contributed by atoms with Crippen LogP contribution in [0.25, 0.3) is 0 Å². The molecular weight excluding hydrogens is 146 g/mol. The highest BCUT2D eigenvalue weighted by atomic mass is 32.1. The van der Waals surface area contributed by atoms with E-state index >= 15 is 0 Å². The van der Waals surface area contributed by atoms with Crippen LogP contribution in [0.1, 0.15) is 18.0 Å². The molecule has 0 aromatic carbocycles. The predicted molar refractivity (Wildman–Crippen MR) is 41.9 cm³/mol. The molecule has 1 aromatic heterocycles. The summed E-state index contributed by atoms with van der Waals surface area (Å²) in [6.07, 6.45) is 1.26. The van der Waals surface area contributed by atoms with Gasteiger partial charge in [0.15, 0.2) is 0 Å². The van der Waals surface area contributed by atoms with Crippen molar-refractivity contribution in [3.05, 3.63) is 22.4 Å². The molecule has 1 rings (SSSR count). The van der Waals surface area contributed by atoms with Crippen LogP contribution in [-0.4, -0.2) is 6.29 Å². The topological polar surface area (TPSA) is 43.1 Å². The fraction of sp³-hybridized carbons (Fsp3) is 0.286. The van der Waals surface area contributed by atoms with Crippen LogP contribution in [-0.2, 0) is 4.79 Å². The molecular formula is C7H9NOS. The molecule has 2 nitrogen and oxygen atoms in total. The lowest BCUT2D eigenvalue weighted by atomic mass is 10.1. The van der Waals surface area contributed by atoms with Crippen LogP contribution in [0.3, 0.4) is 0 Å². The number of carbonyl (C=O) groups is 1. The Balaban J connectivity index is 2.58. The van der Waals surface area contributed by atoms with E-state index in [2.05, 4.69) is 0 Å². The molecule has 1 atom stereocenters. The first-order valence-corrected chi connectivity index (χ1v) is 4.00. The second-order valence-electron chi connectivity index (χ2n) is 2.07. The van der Waals surface area contributed by atoms with Crippen molar-refractivity contribution < 1.29 is 4.79 Å². The molecule has 10 heavy (non-hydrogen) atoms. The van der Waals surface area contributed by atoms with Gasteiger partial charge < -0.3 is 10.5 Å². The lowest BCUT2D eigenvalue weighted by Gasteiger charge is -2.02. The smallest absolute Gasteiger partial charge is 0.121 e. The lowest BCUT2D eigenvalue weighted by Crippen LogP contribution is -2.09. The number of aldehydes is 1. The molecule has 1 heterocycles. The fourth-order valence-corrected chi connectivity index (χ4v) is 1.45. The summed E-state index contributed by atoms with van der Waals surface area (Å²) >= 11 is 1.60. The Hall–Kier alpha value is -0.670. The minimum atomic E-state index is -0.108. The maximum absolute atomic E-state index is 10.0. The molecule has 0 aliphatic carbocycles. The van der Waals surface area contributed by atoms with E-state index in [-0.39, 0.29) is 6.04 Å². The quantitative estimate of drug-likeness (QED) is 0.669. The van der Waals surface area contributed by atoms with Gasteiger partial charge in [0.2, 0.25) is 0 Å². The zero-order chi connectivity index (χ0) is 7.40. The van der Waals surface area contributed by atoms with E-state index in [0.29, 0.717) is 6.42 Å². The van der Waals surface area contributed by atoms with Gasteiger partial charge in [0.1, 0.15) is 6.29 Å². The first kappa shape index (κ1) is 7.44. The zero-order valence-corrected chi connectivity index (χ0v) is 6.30. The van der Waals surface area contributed by atoms with Gasteiger partial charge in [-0.3, -0.25) is 0 Å². The van der Waals surface area contributed by atoms with Crippen molar-refractivity contribution in [1.29, 1.82) is 0 Å². The molecule has 0 radical (unpaired) electrons. The average molecular weight is 155 g/mol. The molecule has 0 saturated carbocycles. The van der Waals surface area contributed by atoms with Crippen LogP contribution in [0.5, 0.6) is 0 Å². The van der Waals surface area contributed by atoms with Gasteiger partial charge in [-0.05, 0) is 22.4 Å². The molecule has 0 amide bonds. The van der Waals surface area contributed by atoms with E-state index in [1.807, 2.05) is 16.8 Å². The molecule has 3 heteroatoms. The summed E-state index contributed by atoms with van der Waals surface area (Å²) in [6, 6.07) is 1.84. The molecule has 1 aromatic rings. The summed E-state index contributed by atoms with van der Waals surface area (Å²) in [6.45, 7) is 0. The highest BCUT2D eigenvalue weighted by molar-refractivity contribution is 7.07. The maximum Gasteiger partial charge on any atom is 0.121 e. The first-order chi connectivity index (χ1) is 4.84. The normalized spacial score (nSPS) is 12.9. The summed E-state index contributed by atoms with van der Waals surface area (Å²) in [5.41, 5.74) is 6.68. The average Bonchev–Trinajstić information content (AvgIpc) is 2.38. The van der Waals surface area contributed by atoms with Gasteiger partial charge in [0.25, 0.3) is 0 Å². The van der Waals surface area contributed by atoms with E-state index in [1.54, 1.807) is 11.3 Å². The Morgan fingerprint density at radius 3 is 3.10 bits per heavy atom. The Labute approximate surface area is 63.7 Å².